The van der Waals surface area contributed by atoms with Crippen molar-refractivity contribution in [3.05, 3.63) is 58.1 Å². The molecule has 14 heteroatoms. The normalized spacial score (nSPS) is 25.0. The van der Waals surface area contributed by atoms with E-state index in [1.807, 2.05) is 24.3 Å². The van der Waals surface area contributed by atoms with Crippen molar-refractivity contribution in [1.82, 2.24) is 19.6 Å². The van der Waals surface area contributed by atoms with Gasteiger partial charge in [0.1, 0.15) is 5.75 Å². The van der Waals surface area contributed by atoms with Gasteiger partial charge in [-0.2, -0.15) is 13.2 Å². The second kappa shape index (κ2) is 13.0. The first kappa shape index (κ1) is 33.9. The molecule has 2 aromatic rings. The first-order chi connectivity index (χ1) is 23.3. The number of hydrogen-bond donors (Lipinski definition) is 2. The highest BCUT2D eigenvalue weighted by atomic mass is 35.5. The molecule has 264 valence electrons. The van der Waals surface area contributed by atoms with Gasteiger partial charge in [0.2, 0.25) is 5.91 Å². The quantitative estimate of drug-likeness (QED) is 0.458. The lowest BCUT2D eigenvalue weighted by Crippen LogP contribution is -2.55. The Labute approximate surface area is 288 Å². The minimum atomic E-state index is -4.88. The van der Waals surface area contributed by atoms with Crippen molar-refractivity contribution in [3.8, 4) is 5.75 Å². The molecular formula is C35H41ClF3N5O5. The number of phenolic OH excluding ortho intramolecular Hbond substituents is 1. The van der Waals surface area contributed by atoms with Crippen LogP contribution in [0.1, 0.15) is 55.2 Å². The van der Waals surface area contributed by atoms with Crippen LogP contribution in [0.2, 0.25) is 5.02 Å². The maximum Gasteiger partial charge on any atom is 0.420 e. The number of halogens is 4. The van der Waals surface area contributed by atoms with Gasteiger partial charge in [0.25, 0.3) is 5.91 Å². The fourth-order valence-corrected chi connectivity index (χ4v) is 9.00. The lowest BCUT2D eigenvalue weighted by molar-refractivity contribution is -0.142. The molecule has 2 bridgehead atoms. The molecule has 0 radical (unpaired) electrons. The summed E-state index contributed by atoms with van der Waals surface area (Å²) in [7, 11) is 2.15. The number of likely N-dealkylation sites (N-methyl/N-ethyl adjacent to an activating group) is 1. The van der Waals surface area contributed by atoms with Crippen LogP contribution >= 0.6 is 11.6 Å². The molecule has 0 aliphatic carbocycles. The Hall–Kier alpha value is -3.55. The van der Waals surface area contributed by atoms with Crippen LogP contribution in [0.4, 0.5) is 23.7 Å². The number of para-hydroxylation sites is 1. The standard InChI is InChI=1S/C35H41ClF3N5O5/c1-41-19-24-17-23(41)20-44(24)22-6-10-42(11-7-22)32(47)29(16-21-14-26(35(37,38)39)31(46)27(36)15-21)49-33(48)43-12-8-34(9-13-43)18-30(45)40-28-5-3-2-4-25(28)34/h2-5,14-15,22-24,29,46H,6-13,16-20H2,1H3,(H,40,45)/t23?,24?,29-/m1/s1. The predicted molar refractivity (Wildman–Crippen MR) is 175 cm³/mol. The number of amides is 3. The van der Waals surface area contributed by atoms with Gasteiger partial charge in [-0.25, -0.2) is 4.79 Å². The Bertz CT molecular complexity index is 1620. The third-order valence-electron chi connectivity index (χ3n) is 11.4. The van der Waals surface area contributed by atoms with E-state index < -0.39 is 46.0 Å². The summed E-state index contributed by atoms with van der Waals surface area (Å²) in [5.41, 5.74) is 0.0426. The number of benzene rings is 2. The van der Waals surface area contributed by atoms with Crippen molar-refractivity contribution in [2.45, 2.75) is 80.8 Å². The largest absolute Gasteiger partial charge is 0.506 e. The summed E-state index contributed by atoms with van der Waals surface area (Å²) in [6.45, 7) is 3.50. The topological polar surface area (TPSA) is 106 Å². The Balaban J connectivity index is 1.06. The van der Waals surface area contributed by atoms with Gasteiger partial charge in [-0.3, -0.25) is 14.5 Å². The van der Waals surface area contributed by atoms with Crippen molar-refractivity contribution in [2.24, 2.45) is 0 Å². The van der Waals surface area contributed by atoms with Crippen LogP contribution in [0.15, 0.2) is 36.4 Å². The fourth-order valence-electron chi connectivity index (χ4n) is 8.76. The zero-order valence-corrected chi connectivity index (χ0v) is 28.1. The van der Waals surface area contributed by atoms with Crippen LogP contribution in [0.25, 0.3) is 0 Å². The van der Waals surface area contributed by atoms with Crippen LogP contribution in [0.5, 0.6) is 5.75 Å². The molecule has 5 heterocycles. The Morgan fingerprint density at radius 3 is 2.41 bits per heavy atom. The summed E-state index contributed by atoms with van der Waals surface area (Å²) in [4.78, 5) is 48.3. The molecule has 1 spiro atoms. The smallest absolute Gasteiger partial charge is 0.420 e. The van der Waals surface area contributed by atoms with Crippen molar-refractivity contribution in [3.63, 3.8) is 0 Å². The first-order valence-electron chi connectivity index (χ1n) is 17.0. The number of hydrogen-bond acceptors (Lipinski definition) is 7. The molecule has 49 heavy (non-hydrogen) atoms. The molecule has 5 aliphatic heterocycles. The van der Waals surface area contributed by atoms with Gasteiger partial charge < -0.3 is 29.9 Å². The Morgan fingerprint density at radius 2 is 1.76 bits per heavy atom. The van der Waals surface area contributed by atoms with E-state index in [0.717, 1.165) is 49.7 Å². The molecule has 4 saturated heterocycles. The van der Waals surface area contributed by atoms with Gasteiger partial charge in [-0.05, 0) is 68.5 Å². The number of carbonyl (C=O) groups excluding carboxylic acids is 3. The number of ether oxygens (including phenoxy) is 1. The number of anilines is 1. The number of nitrogens with zero attached hydrogens (tertiary/aromatic N) is 4. The third kappa shape index (κ3) is 6.57. The molecule has 2 N–H and O–H groups in total. The number of likely N-dealkylation sites (tertiary alicyclic amines) is 4. The van der Waals surface area contributed by atoms with Crippen LogP contribution < -0.4 is 5.32 Å². The first-order valence-corrected chi connectivity index (χ1v) is 17.4. The van der Waals surface area contributed by atoms with Crippen molar-refractivity contribution < 1.29 is 37.4 Å². The van der Waals surface area contributed by atoms with Crippen LogP contribution in [0.3, 0.4) is 0 Å². The zero-order valence-electron chi connectivity index (χ0n) is 27.3. The van der Waals surface area contributed by atoms with E-state index in [0.29, 0.717) is 50.5 Å². The van der Waals surface area contributed by atoms with Gasteiger partial charge >= 0.3 is 12.3 Å². The number of piperidine rings is 2. The van der Waals surface area contributed by atoms with Crippen molar-refractivity contribution >= 4 is 35.2 Å². The number of carbonyl (C=O) groups is 3. The summed E-state index contributed by atoms with van der Waals surface area (Å²) in [5.74, 6) is -1.65. The molecule has 2 aromatic carbocycles. The zero-order chi connectivity index (χ0) is 34.7. The van der Waals surface area contributed by atoms with Gasteiger partial charge in [0, 0.05) is 81.3 Å². The van der Waals surface area contributed by atoms with E-state index in [1.165, 1.54) is 11.0 Å². The second-order valence-electron chi connectivity index (χ2n) is 14.3. The highest BCUT2D eigenvalue weighted by molar-refractivity contribution is 6.32. The number of phenols is 1. The highest BCUT2D eigenvalue weighted by Gasteiger charge is 2.46. The Kier molecular flexibility index (Phi) is 8.98. The van der Waals surface area contributed by atoms with Gasteiger partial charge in [-0.15, -0.1) is 0 Å². The number of alkyl halides is 3. The lowest BCUT2D eigenvalue weighted by Gasteiger charge is -2.44. The molecule has 7 rings (SSSR count). The molecule has 3 amide bonds. The maximum absolute atomic E-state index is 14.0. The van der Waals surface area contributed by atoms with Gasteiger partial charge in [-0.1, -0.05) is 29.8 Å². The maximum atomic E-state index is 14.0. The molecule has 0 aromatic heterocycles. The highest BCUT2D eigenvalue weighted by Crippen LogP contribution is 2.45. The van der Waals surface area contributed by atoms with E-state index >= 15 is 0 Å². The number of nitrogens with one attached hydrogen (secondary N) is 1. The third-order valence-corrected chi connectivity index (χ3v) is 11.7. The van der Waals surface area contributed by atoms with Crippen molar-refractivity contribution in [1.29, 1.82) is 0 Å². The van der Waals surface area contributed by atoms with Crippen LogP contribution in [0, 0.1) is 0 Å². The molecule has 5 aliphatic rings. The summed E-state index contributed by atoms with van der Waals surface area (Å²) in [6.07, 6.45) is -3.40. The SMILES string of the molecule is CN1CC2CC1CN2C1CCN(C(=O)[C@@H](Cc2cc(Cl)c(O)c(C(F)(F)F)c2)OC(=O)N2CCC3(CC2)CC(=O)Nc2ccccc23)CC1. The number of aromatic hydroxyl groups is 1. The van der Waals surface area contributed by atoms with Crippen LogP contribution in [-0.4, -0.2) is 113 Å². The second-order valence-corrected chi connectivity index (χ2v) is 14.7. The molecule has 3 atom stereocenters. The van der Waals surface area contributed by atoms with E-state index in [-0.39, 0.29) is 31.0 Å². The van der Waals surface area contributed by atoms with E-state index in [9.17, 15) is 32.7 Å². The predicted octanol–water partition coefficient (Wildman–Crippen LogP) is 4.87. The monoisotopic (exact) mass is 703 g/mol. The number of rotatable bonds is 5. The molecule has 2 unspecified atom stereocenters. The summed E-state index contributed by atoms with van der Waals surface area (Å²) in [5, 5.41) is 12.4. The molecule has 0 saturated carbocycles. The summed E-state index contributed by atoms with van der Waals surface area (Å²) >= 11 is 6.00. The summed E-state index contributed by atoms with van der Waals surface area (Å²) in [6, 6.07) is 11.0. The number of fused-ring (bicyclic) bond motifs is 4. The fraction of sp³-hybridized carbons (Fsp3) is 0.571. The summed E-state index contributed by atoms with van der Waals surface area (Å²) < 4.78 is 47.1. The average molecular weight is 704 g/mol. The van der Waals surface area contributed by atoms with E-state index in [2.05, 4.69) is 22.2 Å². The minimum absolute atomic E-state index is 0.01000. The van der Waals surface area contributed by atoms with Crippen molar-refractivity contribution in [2.75, 3.05) is 51.6 Å². The van der Waals surface area contributed by atoms with Crippen LogP contribution in [-0.2, 0) is 32.3 Å². The van der Waals surface area contributed by atoms with Gasteiger partial charge in [0.15, 0.2) is 6.10 Å². The van der Waals surface area contributed by atoms with E-state index in [1.54, 1.807) is 4.90 Å². The molecule has 10 nitrogen and oxygen atoms in total. The van der Waals surface area contributed by atoms with Gasteiger partial charge in [0.05, 0.1) is 10.6 Å². The average Bonchev–Trinajstić information content (AvgIpc) is 3.65. The van der Waals surface area contributed by atoms with E-state index in [4.69, 9.17) is 16.3 Å². The lowest BCUT2D eigenvalue weighted by atomic mass is 9.68. The minimum Gasteiger partial charge on any atom is -0.506 e. The molecular weight excluding hydrogens is 663 g/mol. The number of piperazine rings is 1. The molecule has 4 fully saturated rings. The Morgan fingerprint density at radius 1 is 1.04 bits per heavy atom.